The van der Waals surface area contributed by atoms with Crippen LogP contribution in [-0.2, 0) is 12.4 Å². The van der Waals surface area contributed by atoms with Gasteiger partial charge in [0.05, 0.1) is 45.6 Å². The van der Waals surface area contributed by atoms with E-state index in [-0.39, 0.29) is 28.2 Å². The van der Waals surface area contributed by atoms with Crippen LogP contribution in [0.25, 0.3) is 71.0 Å². The number of para-hydroxylation sites is 2. The van der Waals surface area contributed by atoms with Crippen LogP contribution < -0.4 is 0 Å². The van der Waals surface area contributed by atoms with Gasteiger partial charge in [0, 0.05) is 32.7 Å². The van der Waals surface area contributed by atoms with Gasteiger partial charge in [0.15, 0.2) is 5.69 Å². The fourth-order valence-corrected chi connectivity index (χ4v) is 7.32. The number of fused-ring (bicyclic) bond motifs is 6. The van der Waals surface area contributed by atoms with Gasteiger partial charge in [-0.2, -0.15) is 26.3 Å². The number of aryl methyl sites for hydroxylation is 2. The standard InChI is InChI=1S/C41H25F6N3/c1-23-10-8-16-34-38(23)28-12-4-6-14-32(28)49(34)36-22-31(41(45,46)47)37(21-30(36)25-18-26(40(42,43)44)20-27(19-25)48-3)50-33-15-7-5-13-29(33)39-24(2)11-9-17-35(39)50/h4-22H,1-2H3. The predicted octanol–water partition coefficient (Wildman–Crippen LogP) is 12.8. The molecule has 0 saturated heterocycles. The highest BCUT2D eigenvalue weighted by Crippen LogP contribution is 2.46. The summed E-state index contributed by atoms with van der Waals surface area (Å²) in [6.07, 6.45) is -9.67. The van der Waals surface area contributed by atoms with E-state index in [0.717, 1.165) is 50.9 Å². The molecule has 8 rings (SSSR count). The molecule has 2 heterocycles. The molecular formula is C41H25F6N3. The van der Waals surface area contributed by atoms with E-state index in [9.17, 15) is 13.2 Å². The van der Waals surface area contributed by atoms with Crippen molar-refractivity contribution in [2.45, 2.75) is 26.2 Å². The van der Waals surface area contributed by atoms with Gasteiger partial charge in [-0.3, -0.25) is 0 Å². The van der Waals surface area contributed by atoms with E-state index >= 15 is 13.2 Å². The van der Waals surface area contributed by atoms with Crippen molar-refractivity contribution in [1.82, 2.24) is 9.13 Å². The number of hydrogen-bond acceptors (Lipinski definition) is 0. The third-order valence-corrected chi connectivity index (χ3v) is 9.40. The van der Waals surface area contributed by atoms with Crippen LogP contribution in [0.4, 0.5) is 32.0 Å². The molecule has 0 aliphatic carbocycles. The largest absolute Gasteiger partial charge is 0.418 e. The third-order valence-electron chi connectivity index (χ3n) is 9.40. The van der Waals surface area contributed by atoms with Crippen molar-refractivity contribution in [3.63, 3.8) is 0 Å². The first-order chi connectivity index (χ1) is 23.9. The first kappa shape index (κ1) is 31.3. The summed E-state index contributed by atoms with van der Waals surface area (Å²) in [7, 11) is 0. The Morgan fingerprint density at radius 3 is 1.58 bits per heavy atom. The summed E-state index contributed by atoms with van der Waals surface area (Å²) in [6.45, 7) is 11.4. The lowest BCUT2D eigenvalue weighted by molar-refractivity contribution is -0.138. The Labute approximate surface area is 282 Å². The maximum Gasteiger partial charge on any atom is 0.418 e. The van der Waals surface area contributed by atoms with Crippen LogP contribution in [0, 0.1) is 20.4 Å². The highest BCUT2D eigenvalue weighted by atomic mass is 19.4. The monoisotopic (exact) mass is 673 g/mol. The SMILES string of the molecule is [C-]#[N+]c1cc(-c2cc(-n3c4ccccc4c4c(C)cccc43)c(C(F)(F)F)cc2-n2c3ccccc3c3c(C)cccc32)cc(C(F)(F)F)c1. The van der Waals surface area contributed by atoms with Crippen LogP contribution in [0.1, 0.15) is 22.3 Å². The van der Waals surface area contributed by atoms with E-state index in [1.807, 2.05) is 50.2 Å². The minimum absolute atomic E-state index is 0.0325. The Morgan fingerprint density at radius 1 is 0.540 bits per heavy atom. The van der Waals surface area contributed by atoms with Gasteiger partial charge in [0.2, 0.25) is 0 Å². The molecule has 0 bridgehead atoms. The van der Waals surface area contributed by atoms with Gasteiger partial charge in [-0.15, -0.1) is 0 Å². The lowest BCUT2D eigenvalue weighted by Crippen LogP contribution is -2.13. The molecule has 0 atom stereocenters. The van der Waals surface area contributed by atoms with Gasteiger partial charge in [-0.1, -0.05) is 60.7 Å². The van der Waals surface area contributed by atoms with Crippen LogP contribution in [0.15, 0.2) is 115 Å². The smallest absolute Gasteiger partial charge is 0.309 e. The van der Waals surface area contributed by atoms with E-state index in [4.69, 9.17) is 6.57 Å². The predicted molar refractivity (Wildman–Crippen MR) is 186 cm³/mol. The second-order valence-electron chi connectivity index (χ2n) is 12.4. The van der Waals surface area contributed by atoms with Crippen LogP contribution in [0.3, 0.4) is 0 Å². The van der Waals surface area contributed by atoms with Gasteiger partial charge in [0.25, 0.3) is 0 Å². The van der Waals surface area contributed by atoms with Crippen LogP contribution in [0.5, 0.6) is 0 Å². The third kappa shape index (κ3) is 4.74. The molecule has 2 aromatic heterocycles. The maximum atomic E-state index is 15.5. The zero-order chi connectivity index (χ0) is 35.1. The van der Waals surface area contributed by atoms with Gasteiger partial charge in [0.1, 0.15) is 0 Å². The number of hydrogen-bond donors (Lipinski definition) is 0. The number of aromatic nitrogens is 2. The number of nitrogens with zero attached hydrogens (tertiary/aromatic N) is 3. The van der Waals surface area contributed by atoms with Gasteiger partial charge in [-0.25, -0.2) is 4.85 Å². The van der Waals surface area contributed by atoms with E-state index in [1.165, 1.54) is 16.7 Å². The molecular weight excluding hydrogens is 648 g/mol. The van der Waals surface area contributed by atoms with E-state index < -0.39 is 23.5 Å². The van der Waals surface area contributed by atoms with Crippen molar-refractivity contribution in [3.8, 4) is 22.5 Å². The lowest BCUT2D eigenvalue weighted by Gasteiger charge is -2.22. The molecule has 0 spiro atoms. The lowest BCUT2D eigenvalue weighted by atomic mass is 9.96. The Balaban J connectivity index is 1.60. The van der Waals surface area contributed by atoms with Crippen molar-refractivity contribution in [3.05, 3.63) is 149 Å². The molecule has 0 unspecified atom stereocenters. The van der Waals surface area contributed by atoms with Crippen molar-refractivity contribution < 1.29 is 26.3 Å². The maximum absolute atomic E-state index is 15.5. The number of benzene rings is 6. The van der Waals surface area contributed by atoms with E-state index in [0.29, 0.717) is 22.1 Å². The minimum atomic E-state index is -4.87. The number of halogens is 6. The number of alkyl halides is 6. The summed E-state index contributed by atoms with van der Waals surface area (Å²) < 4.78 is 92.6. The Hall–Kier alpha value is -6.01. The first-order valence-electron chi connectivity index (χ1n) is 15.7. The molecule has 0 fully saturated rings. The summed E-state index contributed by atoms with van der Waals surface area (Å²) in [5.74, 6) is 0. The normalized spacial score (nSPS) is 12.4. The van der Waals surface area contributed by atoms with E-state index in [2.05, 4.69) is 4.85 Å². The van der Waals surface area contributed by atoms with Crippen molar-refractivity contribution in [2.75, 3.05) is 0 Å². The topological polar surface area (TPSA) is 14.2 Å². The molecule has 246 valence electrons. The van der Waals surface area contributed by atoms with E-state index in [1.54, 1.807) is 53.1 Å². The molecule has 0 amide bonds. The highest BCUT2D eigenvalue weighted by molar-refractivity contribution is 6.12. The van der Waals surface area contributed by atoms with Gasteiger partial charge in [-0.05, 0) is 85.1 Å². The number of rotatable bonds is 3. The van der Waals surface area contributed by atoms with Crippen molar-refractivity contribution in [2.24, 2.45) is 0 Å². The molecule has 0 saturated carbocycles. The summed E-state index contributed by atoms with van der Waals surface area (Å²) in [5.41, 5.74) is 1.51. The summed E-state index contributed by atoms with van der Waals surface area (Å²) in [6, 6.07) is 30.6. The quantitative estimate of drug-likeness (QED) is 0.131. The fourth-order valence-electron chi connectivity index (χ4n) is 7.32. The molecule has 9 heteroatoms. The molecule has 0 aliphatic heterocycles. The summed E-state index contributed by atoms with van der Waals surface area (Å²) in [4.78, 5) is 3.31. The minimum Gasteiger partial charge on any atom is -0.309 e. The average Bonchev–Trinajstić information content (AvgIpc) is 3.61. The molecule has 0 aliphatic rings. The average molecular weight is 674 g/mol. The van der Waals surface area contributed by atoms with Gasteiger partial charge < -0.3 is 9.13 Å². The van der Waals surface area contributed by atoms with Crippen LogP contribution in [0.2, 0.25) is 0 Å². The Bertz CT molecular complexity index is 2720. The zero-order valence-corrected chi connectivity index (χ0v) is 26.6. The highest BCUT2D eigenvalue weighted by Gasteiger charge is 2.37. The molecule has 8 aromatic rings. The molecule has 50 heavy (non-hydrogen) atoms. The van der Waals surface area contributed by atoms with Gasteiger partial charge >= 0.3 is 12.4 Å². The van der Waals surface area contributed by atoms with Crippen molar-refractivity contribution >= 4 is 49.3 Å². The second kappa shape index (κ2) is 11.0. The molecule has 0 radical (unpaired) electrons. The molecule has 3 nitrogen and oxygen atoms in total. The Kier molecular flexibility index (Phi) is 6.88. The fraction of sp³-hybridized carbons (Fsp3) is 0.0976. The second-order valence-corrected chi connectivity index (χ2v) is 12.4. The molecule has 6 aromatic carbocycles. The first-order valence-corrected chi connectivity index (χ1v) is 15.7. The Morgan fingerprint density at radius 2 is 1.06 bits per heavy atom. The van der Waals surface area contributed by atoms with Crippen molar-refractivity contribution in [1.29, 1.82) is 0 Å². The molecule has 0 N–H and O–H groups in total. The zero-order valence-electron chi connectivity index (χ0n) is 26.6. The summed E-state index contributed by atoms with van der Waals surface area (Å²) >= 11 is 0. The summed E-state index contributed by atoms with van der Waals surface area (Å²) in [5, 5.41) is 3.11. The van der Waals surface area contributed by atoms with Crippen LogP contribution in [-0.4, -0.2) is 9.13 Å². The van der Waals surface area contributed by atoms with Crippen LogP contribution >= 0.6 is 0 Å².